The molecule has 4 nitrogen and oxygen atoms in total. The van der Waals surface area contributed by atoms with Crippen LogP contribution in [-0.4, -0.2) is 22.5 Å². The zero-order valence-electron chi connectivity index (χ0n) is 7.83. The lowest BCUT2D eigenvalue weighted by Crippen LogP contribution is -2.40. The first kappa shape index (κ1) is 8.87. The van der Waals surface area contributed by atoms with Crippen molar-refractivity contribution in [2.45, 2.75) is 13.0 Å². The van der Waals surface area contributed by atoms with E-state index in [2.05, 4.69) is 0 Å². The standard InChI is InChI=1S/C10H13N3O/c11-10(12)13-5-4-7-2-1-3-9(14)8(7)6-13/h1-3,14H,4-6H2,(H3,11,12). The molecule has 0 bridgehead atoms. The van der Waals surface area contributed by atoms with E-state index in [1.54, 1.807) is 11.0 Å². The molecule has 1 aromatic rings. The minimum absolute atomic E-state index is 0.0684. The van der Waals surface area contributed by atoms with E-state index in [4.69, 9.17) is 11.1 Å². The summed E-state index contributed by atoms with van der Waals surface area (Å²) >= 11 is 0. The summed E-state index contributed by atoms with van der Waals surface area (Å²) in [7, 11) is 0. The molecular weight excluding hydrogens is 178 g/mol. The Hall–Kier alpha value is -1.71. The molecule has 4 N–H and O–H groups in total. The van der Waals surface area contributed by atoms with Crippen LogP contribution in [0.2, 0.25) is 0 Å². The predicted octanol–water partition coefficient (Wildman–Crippen LogP) is 0.644. The molecule has 0 saturated carbocycles. The molecule has 0 aliphatic carbocycles. The van der Waals surface area contributed by atoms with Gasteiger partial charge in [-0.05, 0) is 18.1 Å². The zero-order chi connectivity index (χ0) is 10.1. The van der Waals surface area contributed by atoms with E-state index in [-0.39, 0.29) is 5.96 Å². The first-order chi connectivity index (χ1) is 6.68. The van der Waals surface area contributed by atoms with Gasteiger partial charge in [0.25, 0.3) is 0 Å². The Morgan fingerprint density at radius 2 is 2.29 bits per heavy atom. The number of hydrogen-bond donors (Lipinski definition) is 3. The molecule has 74 valence electrons. The molecular formula is C10H13N3O. The van der Waals surface area contributed by atoms with Gasteiger partial charge in [-0.15, -0.1) is 0 Å². The van der Waals surface area contributed by atoms with Gasteiger partial charge < -0.3 is 15.7 Å². The fourth-order valence-electron chi connectivity index (χ4n) is 1.77. The summed E-state index contributed by atoms with van der Waals surface area (Å²) in [5.74, 6) is 0.368. The largest absolute Gasteiger partial charge is 0.508 e. The zero-order valence-corrected chi connectivity index (χ0v) is 7.83. The van der Waals surface area contributed by atoms with Crippen molar-refractivity contribution in [3.63, 3.8) is 0 Å². The fraction of sp³-hybridized carbons (Fsp3) is 0.300. The molecule has 0 spiro atoms. The Labute approximate surface area is 82.5 Å². The molecule has 0 fully saturated rings. The van der Waals surface area contributed by atoms with Crippen molar-refractivity contribution in [1.82, 2.24) is 4.90 Å². The van der Waals surface area contributed by atoms with E-state index in [0.717, 1.165) is 24.1 Å². The first-order valence-corrected chi connectivity index (χ1v) is 4.57. The van der Waals surface area contributed by atoms with E-state index in [9.17, 15) is 5.11 Å². The van der Waals surface area contributed by atoms with Crippen LogP contribution in [0.4, 0.5) is 0 Å². The monoisotopic (exact) mass is 191 g/mol. The second-order valence-corrected chi connectivity index (χ2v) is 3.47. The number of aromatic hydroxyl groups is 1. The third-order valence-electron chi connectivity index (χ3n) is 2.59. The molecule has 0 saturated heterocycles. The highest BCUT2D eigenvalue weighted by Crippen LogP contribution is 2.26. The molecule has 2 rings (SSSR count). The summed E-state index contributed by atoms with van der Waals surface area (Å²) in [5, 5.41) is 16.9. The molecule has 14 heavy (non-hydrogen) atoms. The Balaban J connectivity index is 2.33. The summed E-state index contributed by atoms with van der Waals surface area (Å²) in [4.78, 5) is 1.75. The van der Waals surface area contributed by atoms with Crippen LogP contribution in [0.5, 0.6) is 5.75 Å². The third-order valence-corrected chi connectivity index (χ3v) is 2.59. The number of hydrogen-bond acceptors (Lipinski definition) is 2. The highest BCUT2D eigenvalue weighted by molar-refractivity contribution is 5.75. The molecule has 1 aliphatic heterocycles. The Morgan fingerprint density at radius 1 is 1.50 bits per heavy atom. The van der Waals surface area contributed by atoms with Gasteiger partial charge in [0.1, 0.15) is 5.75 Å². The average molecular weight is 191 g/mol. The number of nitrogens with one attached hydrogen (secondary N) is 1. The average Bonchev–Trinajstić information content (AvgIpc) is 2.18. The number of phenolic OH excluding ortho intramolecular Hbond substituents is 1. The molecule has 1 aliphatic rings. The van der Waals surface area contributed by atoms with E-state index >= 15 is 0 Å². The molecule has 0 amide bonds. The Morgan fingerprint density at radius 3 is 3.00 bits per heavy atom. The SMILES string of the molecule is N=C(N)N1CCc2cccc(O)c2C1. The molecule has 1 heterocycles. The molecule has 0 aromatic heterocycles. The Bertz CT molecular complexity index is 376. The van der Waals surface area contributed by atoms with Gasteiger partial charge in [0.2, 0.25) is 0 Å². The lowest BCUT2D eigenvalue weighted by molar-refractivity contribution is 0.370. The second kappa shape index (κ2) is 3.21. The number of benzene rings is 1. The van der Waals surface area contributed by atoms with Gasteiger partial charge in [-0.2, -0.15) is 0 Å². The topological polar surface area (TPSA) is 73.3 Å². The minimum Gasteiger partial charge on any atom is -0.508 e. The molecule has 1 aromatic carbocycles. The van der Waals surface area contributed by atoms with Crippen molar-refractivity contribution in [2.24, 2.45) is 5.73 Å². The maximum absolute atomic E-state index is 9.62. The fourth-order valence-corrected chi connectivity index (χ4v) is 1.77. The number of fused-ring (bicyclic) bond motifs is 1. The summed E-state index contributed by atoms with van der Waals surface area (Å²) in [6, 6.07) is 5.52. The highest BCUT2D eigenvalue weighted by Gasteiger charge is 2.18. The van der Waals surface area contributed by atoms with Gasteiger partial charge in [0.05, 0.1) is 0 Å². The van der Waals surface area contributed by atoms with E-state index in [1.165, 1.54) is 0 Å². The maximum Gasteiger partial charge on any atom is 0.188 e. The van der Waals surface area contributed by atoms with Crippen molar-refractivity contribution < 1.29 is 5.11 Å². The van der Waals surface area contributed by atoms with Crippen molar-refractivity contribution in [1.29, 1.82) is 5.41 Å². The molecule has 0 unspecified atom stereocenters. The van der Waals surface area contributed by atoms with Gasteiger partial charge >= 0.3 is 0 Å². The third kappa shape index (κ3) is 1.39. The number of nitrogens with two attached hydrogens (primary N) is 1. The van der Waals surface area contributed by atoms with Crippen LogP contribution in [0.1, 0.15) is 11.1 Å². The van der Waals surface area contributed by atoms with Gasteiger partial charge in [-0.3, -0.25) is 5.41 Å². The van der Waals surface area contributed by atoms with Crippen molar-refractivity contribution in [3.8, 4) is 5.75 Å². The van der Waals surface area contributed by atoms with Crippen molar-refractivity contribution in [2.75, 3.05) is 6.54 Å². The van der Waals surface area contributed by atoms with Crippen LogP contribution < -0.4 is 5.73 Å². The lowest BCUT2D eigenvalue weighted by atomic mass is 9.99. The number of rotatable bonds is 0. The van der Waals surface area contributed by atoms with E-state index in [0.29, 0.717) is 12.3 Å². The molecule has 4 heteroatoms. The highest BCUT2D eigenvalue weighted by atomic mass is 16.3. The summed E-state index contributed by atoms with van der Waals surface area (Å²) in [6.45, 7) is 1.29. The summed E-state index contributed by atoms with van der Waals surface area (Å²) < 4.78 is 0. The van der Waals surface area contributed by atoms with Gasteiger partial charge in [-0.25, -0.2) is 0 Å². The lowest BCUT2D eigenvalue weighted by Gasteiger charge is -2.29. The quantitative estimate of drug-likeness (QED) is 0.416. The van der Waals surface area contributed by atoms with Crippen molar-refractivity contribution >= 4 is 5.96 Å². The van der Waals surface area contributed by atoms with Crippen LogP contribution in [0, 0.1) is 5.41 Å². The minimum atomic E-state index is 0.0684. The van der Waals surface area contributed by atoms with Crippen LogP contribution in [0.15, 0.2) is 18.2 Å². The Kier molecular flexibility index (Phi) is 2.04. The van der Waals surface area contributed by atoms with Crippen LogP contribution >= 0.6 is 0 Å². The normalized spacial score (nSPS) is 15.0. The number of nitrogens with zero attached hydrogens (tertiary/aromatic N) is 1. The second-order valence-electron chi connectivity index (χ2n) is 3.47. The van der Waals surface area contributed by atoms with Crippen LogP contribution in [0.25, 0.3) is 0 Å². The van der Waals surface area contributed by atoms with E-state index in [1.807, 2.05) is 12.1 Å². The smallest absolute Gasteiger partial charge is 0.188 e. The summed E-state index contributed by atoms with van der Waals surface area (Å²) in [5.41, 5.74) is 7.45. The van der Waals surface area contributed by atoms with E-state index < -0.39 is 0 Å². The van der Waals surface area contributed by atoms with Crippen molar-refractivity contribution in [3.05, 3.63) is 29.3 Å². The summed E-state index contributed by atoms with van der Waals surface area (Å²) in [6.07, 6.45) is 0.837. The first-order valence-electron chi connectivity index (χ1n) is 4.57. The van der Waals surface area contributed by atoms with Gasteiger partial charge in [0.15, 0.2) is 5.96 Å². The van der Waals surface area contributed by atoms with Gasteiger partial charge in [0, 0.05) is 18.7 Å². The maximum atomic E-state index is 9.62. The molecule has 0 radical (unpaired) electrons. The number of guanidine groups is 1. The van der Waals surface area contributed by atoms with Crippen LogP contribution in [0.3, 0.4) is 0 Å². The number of phenols is 1. The molecule has 0 atom stereocenters. The predicted molar refractivity (Wildman–Crippen MR) is 54.1 cm³/mol. The van der Waals surface area contributed by atoms with Gasteiger partial charge in [-0.1, -0.05) is 12.1 Å². The van der Waals surface area contributed by atoms with Crippen LogP contribution in [-0.2, 0) is 13.0 Å².